The first-order chi connectivity index (χ1) is 12.1. The number of para-hydroxylation sites is 2. The number of rotatable bonds is 4. The molecule has 1 N–H and O–H groups in total. The summed E-state index contributed by atoms with van der Waals surface area (Å²) in [6.07, 6.45) is 1.59. The summed E-state index contributed by atoms with van der Waals surface area (Å²) in [5.41, 5.74) is 4.32. The minimum Gasteiger partial charge on any atom is -0.324 e. The zero-order valence-corrected chi connectivity index (χ0v) is 14.5. The van der Waals surface area contributed by atoms with Crippen LogP contribution >= 0.6 is 0 Å². The van der Waals surface area contributed by atoms with Gasteiger partial charge in [-0.1, -0.05) is 36.4 Å². The van der Waals surface area contributed by atoms with Crippen LogP contribution in [0, 0.1) is 13.8 Å². The highest BCUT2D eigenvalue weighted by Gasteiger charge is 2.16. The molecule has 1 heterocycles. The van der Waals surface area contributed by atoms with Crippen LogP contribution in [0.25, 0.3) is 0 Å². The molecule has 0 fully saturated rings. The maximum Gasteiger partial charge on any atom is 0.276 e. The SMILES string of the molecule is Cc1cccc(C)c1Nc1nccc(C(=O)N(C)c2ccccc2)n1. The molecule has 0 aliphatic heterocycles. The Morgan fingerprint density at radius 1 is 0.960 bits per heavy atom. The molecule has 0 unspecified atom stereocenters. The molecule has 3 rings (SSSR count). The summed E-state index contributed by atoms with van der Waals surface area (Å²) < 4.78 is 0. The number of carbonyl (C=O) groups excluding carboxylic acids is 1. The fourth-order valence-corrected chi connectivity index (χ4v) is 2.60. The van der Waals surface area contributed by atoms with Gasteiger partial charge in [0.15, 0.2) is 0 Å². The van der Waals surface area contributed by atoms with Crippen molar-refractivity contribution in [1.82, 2.24) is 9.97 Å². The molecule has 0 spiro atoms. The molecule has 0 bridgehead atoms. The van der Waals surface area contributed by atoms with Crippen molar-refractivity contribution in [1.29, 1.82) is 0 Å². The highest BCUT2D eigenvalue weighted by Crippen LogP contribution is 2.22. The van der Waals surface area contributed by atoms with Crippen LogP contribution in [0.4, 0.5) is 17.3 Å². The van der Waals surface area contributed by atoms with Crippen LogP contribution in [0.1, 0.15) is 21.6 Å². The van der Waals surface area contributed by atoms with Crippen molar-refractivity contribution >= 4 is 23.2 Å². The molecule has 0 saturated heterocycles. The van der Waals surface area contributed by atoms with Crippen LogP contribution in [-0.2, 0) is 0 Å². The number of carbonyl (C=O) groups is 1. The largest absolute Gasteiger partial charge is 0.324 e. The molecule has 2 aromatic carbocycles. The molecule has 3 aromatic rings. The van der Waals surface area contributed by atoms with E-state index in [0.717, 1.165) is 22.5 Å². The van der Waals surface area contributed by atoms with Gasteiger partial charge in [0.1, 0.15) is 5.69 Å². The third kappa shape index (κ3) is 3.66. The Kier molecular flexibility index (Phi) is 4.75. The summed E-state index contributed by atoms with van der Waals surface area (Å²) >= 11 is 0. The summed E-state index contributed by atoms with van der Waals surface area (Å²) in [6, 6.07) is 17.1. The van der Waals surface area contributed by atoms with Crippen LogP contribution in [0.3, 0.4) is 0 Å². The highest BCUT2D eigenvalue weighted by molar-refractivity contribution is 6.04. The number of amides is 1. The number of hydrogen-bond acceptors (Lipinski definition) is 4. The van der Waals surface area contributed by atoms with E-state index in [1.54, 1.807) is 24.2 Å². The van der Waals surface area contributed by atoms with Crippen LogP contribution in [0.5, 0.6) is 0 Å². The van der Waals surface area contributed by atoms with Crippen molar-refractivity contribution < 1.29 is 4.79 Å². The molecule has 1 aromatic heterocycles. The van der Waals surface area contributed by atoms with Gasteiger partial charge in [0.05, 0.1) is 0 Å². The Hall–Kier alpha value is -3.21. The quantitative estimate of drug-likeness (QED) is 0.781. The average molecular weight is 332 g/mol. The van der Waals surface area contributed by atoms with Gasteiger partial charge in [-0.05, 0) is 43.2 Å². The normalized spacial score (nSPS) is 10.4. The third-order valence-corrected chi connectivity index (χ3v) is 4.04. The van der Waals surface area contributed by atoms with Crippen molar-refractivity contribution in [2.75, 3.05) is 17.3 Å². The van der Waals surface area contributed by atoms with Gasteiger partial charge in [0.2, 0.25) is 5.95 Å². The molecule has 0 atom stereocenters. The maximum absolute atomic E-state index is 12.7. The number of hydrogen-bond donors (Lipinski definition) is 1. The lowest BCUT2D eigenvalue weighted by Crippen LogP contribution is -2.27. The zero-order valence-electron chi connectivity index (χ0n) is 14.5. The van der Waals surface area contributed by atoms with Crippen molar-refractivity contribution in [3.05, 3.63) is 77.6 Å². The van der Waals surface area contributed by atoms with E-state index in [2.05, 4.69) is 15.3 Å². The molecule has 5 nitrogen and oxygen atoms in total. The van der Waals surface area contributed by atoms with E-state index in [-0.39, 0.29) is 5.91 Å². The fraction of sp³-hybridized carbons (Fsp3) is 0.150. The molecule has 0 radical (unpaired) electrons. The van der Waals surface area contributed by atoms with E-state index in [9.17, 15) is 4.79 Å². The Balaban J connectivity index is 1.85. The third-order valence-electron chi connectivity index (χ3n) is 4.04. The number of nitrogens with zero attached hydrogens (tertiary/aromatic N) is 3. The second-order valence-electron chi connectivity index (χ2n) is 5.86. The molecule has 5 heteroatoms. The van der Waals surface area contributed by atoms with Gasteiger partial charge in [0.25, 0.3) is 5.91 Å². The second kappa shape index (κ2) is 7.13. The summed E-state index contributed by atoms with van der Waals surface area (Å²) in [5, 5.41) is 3.22. The molecule has 25 heavy (non-hydrogen) atoms. The summed E-state index contributed by atoms with van der Waals surface area (Å²) in [7, 11) is 1.73. The van der Waals surface area contributed by atoms with Crippen LogP contribution in [-0.4, -0.2) is 22.9 Å². The fourth-order valence-electron chi connectivity index (χ4n) is 2.60. The van der Waals surface area contributed by atoms with Crippen molar-refractivity contribution in [3.8, 4) is 0 Å². The van der Waals surface area contributed by atoms with Crippen LogP contribution in [0.15, 0.2) is 60.8 Å². The van der Waals surface area contributed by atoms with Gasteiger partial charge in [0, 0.05) is 24.6 Å². The number of benzene rings is 2. The monoisotopic (exact) mass is 332 g/mol. The molecule has 1 amide bonds. The van der Waals surface area contributed by atoms with Gasteiger partial charge >= 0.3 is 0 Å². The Bertz CT molecular complexity index is 873. The number of aryl methyl sites for hydroxylation is 2. The molecular weight excluding hydrogens is 312 g/mol. The van der Waals surface area contributed by atoms with Crippen LogP contribution < -0.4 is 10.2 Å². The predicted octanol–water partition coefficient (Wildman–Crippen LogP) is 4.11. The minimum absolute atomic E-state index is 0.182. The van der Waals surface area contributed by atoms with Crippen molar-refractivity contribution in [2.24, 2.45) is 0 Å². The summed E-state index contributed by atoms with van der Waals surface area (Å²) in [5.74, 6) is 0.225. The van der Waals surface area contributed by atoms with Crippen LogP contribution in [0.2, 0.25) is 0 Å². The predicted molar refractivity (Wildman–Crippen MR) is 100 cm³/mol. The average Bonchev–Trinajstić information content (AvgIpc) is 2.64. The molecular formula is C20H20N4O. The van der Waals surface area contributed by atoms with Gasteiger partial charge in [-0.2, -0.15) is 0 Å². The lowest BCUT2D eigenvalue weighted by Gasteiger charge is -2.17. The number of anilines is 3. The second-order valence-corrected chi connectivity index (χ2v) is 5.86. The minimum atomic E-state index is -0.182. The standard InChI is InChI=1S/C20H20N4O/c1-14-8-7-9-15(2)18(14)23-20-21-13-12-17(22-20)19(25)24(3)16-10-5-4-6-11-16/h4-13H,1-3H3,(H,21,22,23). The first kappa shape index (κ1) is 16.6. The van der Waals surface area contributed by atoms with E-state index in [4.69, 9.17) is 0 Å². The van der Waals surface area contributed by atoms with E-state index in [1.807, 2.05) is 62.4 Å². The lowest BCUT2D eigenvalue weighted by atomic mass is 10.1. The van der Waals surface area contributed by atoms with E-state index >= 15 is 0 Å². The van der Waals surface area contributed by atoms with Gasteiger partial charge in [-0.25, -0.2) is 9.97 Å². The smallest absolute Gasteiger partial charge is 0.276 e. The first-order valence-corrected chi connectivity index (χ1v) is 8.05. The summed E-state index contributed by atoms with van der Waals surface area (Å²) in [6.45, 7) is 4.04. The van der Waals surface area contributed by atoms with Gasteiger partial charge in [-0.15, -0.1) is 0 Å². The topological polar surface area (TPSA) is 58.1 Å². The first-order valence-electron chi connectivity index (χ1n) is 8.05. The lowest BCUT2D eigenvalue weighted by molar-refractivity contribution is 0.0988. The van der Waals surface area contributed by atoms with E-state index in [1.165, 1.54) is 0 Å². The van der Waals surface area contributed by atoms with Crippen molar-refractivity contribution in [3.63, 3.8) is 0 Å². The van der Waals surface area contributed by atoms with Gasteiger partial charge < -0.3 is 10.2 Å². The molecule has 126 valence electrons. The highest BCUT2D eigenvalue weighted by atomic mass is 16.2. The Labute approximate surface area is 147 Å². The molecule has 0 saturated carbocycles. The maximum atomic E-state index is 12.7. The number of aromatic nitrogens is 2. The molecule has 0 aliphatic rings. The Morgan fingerprint density at radius 2 is 1.64 bits per heavy atom. The molecule has 0 aliphatic carbocycles. The summed E-state index contributed by atoms with van der Waals surface area (Å²) in [4.78, 5) is 22.9. The zero-order chi connectivity index (χ0) is 17.8. The van der Waals surface area contributed by atoms with Gasteiger partial charge in [-0.3, -0.25) is 4.79 Å². The Morgan fingerprint density at radius 3 is 2.32 bits per heavy atom. The van der Waals surface area contributed by atoms with E-state index in [0.29, 0.717) is 11.6 Å². The number of nitrogens with one attached hydrogen (secondary N) is 1. The van der Waals surface area contributed by atoms with Crippen molar-refractivity contribution in [2.45, 2.75) is 13.8 Å². The van der Waals surface area contributed by atoms with E-state index < -0.39 is 0 Å².